The van der Waals surface area contributed by atoms with Gasteiger partial charge in [-0.3, -0.25) is 4.79 Å². The van der Waals surface area contributed by atoms with E-state index in [2.05, 4.69) is 19.2 Å². The number of hydrogen-bond donors (Lipinski definition) is 1. The van der Waals surface area contributed by atoms with Gasteiger partial charge >= 0.3 is 0 Å². The maximum atomic E-state index is 12.9. The number of nitrogens with one attached hydrogen (secondary N) is 1. The molecular weight excluding hydrogens is 411 g/mol. The Bertz CT molecular complexity index is 778. The Labute approximate surface area is 171 Å². The smallest absolute Gasteiger partial charge is 0.253 e. The third-order valence-electron chi connectivity index (χ3n) is 4.41. The van der Waals surface area contributed by atoms with Crippen molar-refractivity contribution in [3.63, 3.8) is 0 Å². The van der Waals surface area contributed by atoms with Crippen LogP contribution in [0.2, 0.25) is 10.0 Å². The highest BCUT2D eigenvalue weighted by atomic mass is 35.5. The third-order valence-corrected chi connectivity index (χ3v) is 7.08. The topological polar surface area (TPSA) is 75.7 Å². The molecule has 152 valence electrons. The predicted molar refractivity (Wildman–Crippen MR) is 107 cm³/mol. The first kappa shape index (κ1) is 22.4. The fourth-order valence-corrected chi connectivity index (χ4v) is 5.03. The van der Waals surface area contributed by atoms with Crippen LogP contribution in [-0.4, -0.2) is 51.0 Å². The molecular formula is C18H26Cl2N2O4S. The SMILES string of the molecule is CC(C)CCC(C)NC(=O)c1cc(S(=O)(=O)N2CCOCC2)c(Cl)cc1Cl. The molecule has 0 bridgehead atoms. The Morgan fingerprint density at radius 3 is 2.37 bits per heavy atom. The van der Waals surface area contributed by atoms with Crippen LogP contribution in [0, 0.1) is 5.92 Å². The van der Waals surface area contributed by atoms with Gasteiger partial charge < -0.3 is 10.1 Å². The van der Waals surface area contributed by atoms with E-state index in [-0.39, 0.29) is 39.6 Å². The normalized spacial score (nSPS) is 17.1. The zero-order valence-corrected chi connectivity index (χ0v) is 18.1. The van der Waals surface area contributed by atoms with Gasteiger partial charge in [0.05, 0.1) is 28.8 Å². The molecule has 2 rings (SSSR count). The van der Waals surface area contributed by atoms with E-state index in [1.165, 1.54) is 16.4 Å². The summed E-state index contributed by atoms with van der Waals surface area (Å²) in [5.74, 6) is 0.125. The van der Waals surface area contributed by atoms with Gasteiger partial charge in [0.2, 0.25) is 10.0 Å². The standard InChI is InChI=1S/C18H26Cl2N2O4S/c1-12(2)4-5-13(3)21-18(23)14-10-17(16(20)11-15(14)19)27(24,25)22-6-8-26-9-7-22/h10-13H,4-9H2,1-3H3,(H,21,23). The number of amides is 1. The summed E-state index contributed by atoms with van der Waals surface area (Å²) >= 11 is 12.3. The van der Waals surface area contributed by atoms with Crippen molar-refractivity contribution in [2.24, 2.45) is 5.92 Å². The van der Waals surface area contributed by atoms with Gasteiger partial charge in [0.25, 0.3) is 5.91 Å². The van der Waals surface area contributed by atoms with Crippen molar-refractivity contribution >= 4 is 39.1 Å². The summed E-state index contributed by atoms with van der Waals surface area (Å²) < 4.78 is 32.3. The molecule has 0 saturated carbocycles. The summed E-state index contributed by atoms with van der Waals surface area (Å²) in [6.45, 7) is 7.29. The number of nitrogens with zero attached hydrogens (tertiary/aromatic N) is 1. The van der Waals surface area contributed by atoms with E-state index < -0.39 is 15.9 Å². The van der Waals surface area contributed by atoms with Gasteiger partial charge in [0.1, 0.15) is 4.90 Å². The van der Waals surface area contributed by atoms with Gasteiger partial charge in [-0.2, -0.15) is 4.31 Å². The first-order valence-corrected chi connectivity index (χ1v) is 11.2. The molecule has 1 fully saturated rings. The Balaban J connectivity index is 2.25. The molecule has 1 aromatic carbocycles. The lowest BCUT2D eigenvalue weighted by molar-refractivity contribution is 0.0730. The van der Waals surface area contributed by atoms with Gasteiger partial charge in [-0.1, -0.05) is 37.0 Å². The fraction of sp³-hybridized carbons (Fsp3) is 0.611. The van der Waals surface area contributed by atoms with Crippen LogP contribution in [0.4, 0.5) is 0 Å². The Morgan fingerprint density at radius 2 is 1.78 bits per heavy atom. The number of rotatable bonds is 7. The molecule has 1 N–H and O–H groups in total. The lowest BCUT2D eigenvalue weighted by atomic mass is 10.0. The van der Waals surface area contributed by atoms with Crippen LogP contribution in [0.15, 0.2) is 17.0 Å². The number of hydrogen-bond acceptors (Lipinski definition) is 4. The summed E-state index contributed by atoms with van der Waals surface area (Å²) in [5, 5.41) is 2.99. The fourth-order valence-electron chi connectivity index (χ4n) is 2.78. The average Bonchev–Trinajstić information content (AvgIpc) is 2.60. The molecule has 0 radical (unpaired) electrons. The lowest BCUT2D eigenvalue weighted by Crippen LogP contribution is -2.40. The van der Waals surface area contributed by atoms with Crippen LogP contribution in [0.3, 0.4) is 0 Å². The van der Waals surface area contributed by atoms with E-state index in [1.54, 1.807) is 0 Å². The number of benzene rings is 1. The Kier molecular flexibility index (Phi) is 7.94. The Hall–Kier alpha value is -0.860. The first-order chi connectivity index (χ1) is 12.6. The van der Waals surface area contributed by atoms with E-state index in [0.717, 1.165) is 12.8 Å². The van der Waals surface area contributed by atoms with Crippen molar-refractivity contribution in [3.8, 4) is 0 Å². The number of carbonyl (C=O) groups excluding carboxylic acids is 1. The highest BCUT2D eigenvalue weighted by Crippen LogP contribution is 2.31. The molecule has 0 aliphatic carbocycles. The third kappa shape index (κ3) is 5.81. The van der Waals surface area contributed by atoms with Crippen LogP contribution < -0.4 is 5.32 Å². The highest BCUT2D eigenvalue weighted by molar-refractivity contribution is 7.89. The summed E-state index contributed by atoms with van der Waals surface area (Å²) in [5.41, 5.74) is 0.101. The molecule has 1 unspecified atom stereocenters. The molecule has 6 nitrogen and oxygen atoms in total. The second-order valence-corrected chi connectivity index (χ2v) is 9.85. The van der Waals surface area contributed by atoms with Gasteiger partial charge in [-0.25, -0.2) is 8.42 Å². The molecule has 9 heteroatoms. The van der Waals surface area contributed by atoms with Gasteiger partial charge in [-0.15, -0.1) is 0 Å². The molecule has 0 aromatic heterocycles. The van der Waals surface area contributed by atoms with Crippen LogP contribution in [0.5, 0.6) is 0 Å². The second kappa shape index (κ2) is 9.56. The zero-order chi connectivity index (χ0) is 20.2. The van der Waals surface area contributed by atoms with Crippen LogP contribution in [-0.2, 0) is 14.8 Å². The molecule has 1 heterocycles. The molecule has 1 aromatic rings. The maximum absolute atomic E-state index is 12.9. The quantitative estimate of drug-likeness (QED) is 0.708. The number of morpholine rings is 1. The van der Waals surface area contributed by atoms with E-state index in [4.69, 9.17) is 27.9 Å². The number of carbonyl (C=O) groups is 1. The van der Waals surface area contributed by atoms with Crippen molar-refractivity contribution in [1.82, 2.24) is 9.62 Å². The highest BCUT2D eigenvalue weighted by Gasteiger charge is 2.30. The lowest BCUT2D eigenvalue weighted by Gasteiger charge is -2.26. The minimum absolute atomic E-state index is 0.00380. The molecule has 1 aliphatic heterocycles. The molecule has 1 amide bonds. The van der Waals surface area contributed by atoms with E-state index >= 15 is 0 Å². The van der Waals surface area contributed by atoms with Gasteiger partial charge in [0.15, 0.2) is 0 Å². The number of sulfonamides is 1. The molecule has 1 atom stereocenters. The maximum Gasteiger partial charge on any atom is 0.253 e. The molecule has 27 heavy (non-hydrogen) atoms. The molecule has 0 spiro atoms. The summed E-state index contributed by atoms with van der Waals surface area (Å²) in [6.07, 6.45) is 1.81. The minimum Gasteiger partial charge on any atom is -0.379 e. The predicted octanol–water partition coefficient (Wildman–Crippen LogP) is 3.57. The van der Waals surface area contributed by atoms with Gasteiger partial charge in [-0.05, 0) is 37.8 Å². The summed E-state index contributed by atoms with van der Waals surface area (Å²) in [6, 6.07) is 2.52. The van der Waals surface area contributed by atoms with Crippen molar-refractivity contribution in [2.45, 2.75) is 44.6 Å². The van der Waals surface area contributed by atoms with Crippen LogP contribution in [0.25, 0.3) is 0 Å². The zero-order valence-electron chi connectivity index (χ0n) is 15.8. The number of ether oxygens (including phenoxy) is 1. The Morgan fingerprint density at radius 1 is 1.15 bits per heavy atom. The second-order valence-electron chi connectivity index (χ2n) is 7.12. The molecule has 1 aliphatic rings. The van der Waals surface area contributed by atoms with Crippen molar-refractivity contribution in [1.29, 1.82) is 0 Å². The van der Waals surface area contributed by atoms with Gasteiger partial charge in [0, 0.05) is 19.1 Å². The first-order valence-electron chi connectivity index (χ1n) is 9.00. The van der Waals surface area contributed by atoms with Crippen molar-refractivity contribution in [3.05, 3.63) is 27.7 Å². The number of halogens is 2. The largest absolute Gasteiger partial charge is 0.379 e. The summed E-state index contributed by atoms with van der Waals surface area (Å²) in [4.78, 5) is 12.5. The van der Waals surface area contributed by atoms with E-state index in [9.17, 15) is 13.2 Å². The average molecular weight is 437 g/mol. The monoisotopic (exact) mass is 436 g/mol. The van der Waals surface area contributed by atoms with E-state index in [0.29, 0.717) is 19.1 Å². The minimum atomic E-state index is -3.83. The van der Waals surface area contributed by atoms with Crippen molar-refractivity contribution in [2.75, 3.05) is 26.3 Å². The van der Waals surface area contributed by atoms with Crippen molar-refractivity contribution < 1.29 is 17.9 Å². The van der Waals surface area contributed by atoms with Crippen LogP contribution in [0.1, 0.15) is 44.0 Å². The van der Waals surface area contributed by atoms with Crippen LogP contribution >= 0.6 is 23.2 Å². The van der Waals surface area contributed by atoms with E-state index in [1.807, 2.05) is 6.92 Å². The summed E-state index contributed by atoms with van der Waals surface area (Å²) in [7, 11) is -3.83. The molecule has 1 saturated heterocycles.